The molecule has 0 unspecified atom stereocenters. The normalized spacial score (nSPS) is 15.4. The molecule has 0 amide bonds. The van der Waals surface area contributed by atoms with Crippen molar-refractivity contribution in [1.82, 2.24) is 10.3 Å². The highest BCUT2D eigenvalue weighted by atomic mass is 16.1. The summed E-state index contributed by atoms with van der Waals surface area (Å²) in [5.74, 6) is 0.162. The van der Waals surface area contributed by atoms with Crippen molar-refractivity contribution in [1.29, 1.82) is 0 Å². The van der Waals surface area contributed by atoms with Gasteiger partial charge in [-0.15, -0.1) is 4.68 Å². The van der Waals surface area contributed by atoms with Crippen molar-refractivity contribution in [3.05, 3.63) is 18.0 Å². The number of hydrogen-bond acceptors (Lipinski definition) is 3. The average molecular weight is 136 g/mol. The third kappa shape index (κ3) is 0.618. The second-order valence-electron chi connectivity index (χ2n) is 2.20. The molecule has 50 valence electrons. The van der Waals surface area contributed by atoms with Crippen LogP contribution in [-0.4, -0.2) is 16.1 Å². The summed E-state index contributed by atoms with van der Waals surface area (Å²) >= 11 is 0. The van der Waals surface area contributed by atoms with Crippen molar-refractivity contribution in [3.8, 4) is 0 Å². The van der Waals surface area contributed by atoms with Crippen LogP contribution in [0.2, 0.25) is 0 Å². The number of fused-ring (bicyclic) bond motifs is 1. The molecule has 0 saturated heterocycles. The van der Waals surface area contributed by atoms with Gasteiger partial charge >= 0.3 is 0 Å². The van der Waals surface area contributed by atoms with Crippen molar-refractivity contribution in [2.24, 2.45) is 0 Å². The highest BCUT2D eigenvalue weighted by Crippen LogP contribution is 2.01. The predicted molar refractivity (Wildman–Crippen MR) is 31.2 cm³/mol. The molecule has 4 heteroatoms. The molecule has 0 aliphatic carbocycles. The SMILES string of the molecule is O=C1CC[n+]2nnccc21. The molecule has 0 bridgehead atoms. The fraction of sp³-hybridized carbons (Fsp3) is 0.333. The van der Waals surface area contributed by atoms with Gasteiger partial charge in [-0.1, -0.05) is 0 Å². The first-order valence-corrected chi connectivity index (χ1v) is 3.13. The molecule has 0 fully saturated rings. The van der Waals surface area contributed by atoms with E-state index in [1.54, 1.807) is 10.7 Å². The molecule has 10 heavy (non-hydrogen) atoms. The number of carbonyl (C=O) groups is 1. The first-order valence-electron chi connectivity index (χ1n) is 3.13. The maximum Gasteiger partial charge on any atom is 0.208 e. The average Bonchev–Trinajstić information content (AvgIpc) is 2.34. The quantitative estimate of drug-likeness (QED) is 0.445. The van der Waals surface area contributed by atoms with E-state index < -0.39 is 0 Å². The van der Waals surface area contributed by atoms with Crippen LogP contribution in [0.4, 0.5) is 0 Å². The lowest BCUT2D eigenvalue weighted by molar-refractivity contribution is -0.752. The van der Waals surface area contributed by atoms with Crippen molar-refractivity contribution in [2.45, 2.75) is 13.0 Å². The molecule has 0 saturated carbocycles. The maximum absolute atomic E-state index is 11.0. The van der Waals surface area contributed by atoms with E-state index >= 15 is 0 Å². The summed E-state index contributed by atoms with van der Waals surface area (Å²) in [5.41, 5.74) is 0.676. The number of ketones is 1. The third-order valence-corrected chi connectivity index (χ3v) is 1.57. The maximum atomic E-state index is 11.0. The molecule has 1 aromatic heterocycles. The van der Waals surface area contributed by atoms with E-state index in [0.29, 0.717) is 18.7 Å². The van der Waals surface area contributed by atoms with E-state index in [1.165, 1.54) is 6.20 Å². The molecule has 0 atom stereocenters. The zero-order valence-corrected chi connectivity index (χ0v) is 5.32. The van der Waals surface area contributed by atoms with E-state index in [4.69, 9.17) is 0 Å². The van der Waals surface area contributed by atoms with Gasteiger partial charge in [0.05, 0.1) is 11.5 Å². The van der Waals surface area contributed by atoms with Crippen LogP contribution in [0.1, 0.15) is 16.9 Å². The minimum atomic E-state index is 0.162. The standard InChI is InChI=1S/C6H6N3O/c10-6-2-4-9-5(6)1-3-7-8-9/h1,3H,2,4H2/q+1. The Balaban J connectivity index is 2.61. The Morgan fingerprint density at radius 3 is 3.30 bits per heavy atom. The Morgan fingerprint density at radius 2 is 2.50 bits per heavy atom. The summed E-state index contributed by atoms with van der Waals surface area (Å²) in [6, 6.07) is 1.70. The minimum Gasteiger partial charge on any atom is -0.290 e. The summed E-state index contributed by atoms with van der Waals surface area (Å²) in [6.45, 7) is 0.683. The van der Waals surface area contributed by atoms with Crippen LogP contribution in [0.15, 0.2) is 12.3 Å². The Hall–Kier alpha value is -1.32. The number of rotatable bonds is 0. The fourth-order valence-electron chi connectivity index (χ4n) is 1.07. The van der Waals surface area contributed by atoms with Crippen LogP contribution in [-0.2, 0) is 6.54 Å². The van der Waals surface area contributed by atoms with Gasteiger partial charge in [0.25, 0.3) is 0 Å². The molecule has 0 spiro atoms. The number of hydrogen-bond donors (Lipinski definition) is 0. The van der Waals surface area contributed by atoms with Crippen LogP contribution in [0.25, 0.3) is 0 Å². The number of nitrogens with zero attached hydrogens (tertiary/aromatic N) is 3. The lowest BCUT2D eigenvalue weighted by Gasteiger charge is -1.83. The highest BCUT2D eigenvalue weighted by Gasteiger charge is 2.24. The fourth-order valence-corrected chi connectivity index (χ4v) is 1.07. The molecular formula is C6H6N3O+. The van der Waals surface area contributed by atoms with Gasteiger partial charge < -0.3 is 0 Å². The van der Waals surface area contributed by atoms with Gasteiger partial charge in [0.15, 0.2) is 11.9 Å². The minimum absolute atomic E-state index is 0.162. The lowest BCUT2D eigenvalue weighted by Crippen LogP contribution is -2.38. The Morgan fingerprint density at radius 1 is 1.60 bits per heavy atom. The summed E-state index contributed by atoms with van der Waals surface area (Å²) in [7, 11) is 0. The first-order chi connectivity index (χ1) is 4.88. The topological polar surface area (TPSA) is 46.7 Å². The van der Waals surface area contributed by atoms with Gasteiger partial charge in [0.2, 0.25) is 5.78 Å². The van der Waals surface area contributed by atoms with Crippen LogP contribution in [0.5, 0.6) is 0 Å². The van der Waals surface area contributed by atoms with Gasteiger partial charge in [0.1, 0.15) is 11.8 Å². The molecule has 0 N–H and O–H groups in total. The second-order valence-corrected chi connectivity index (χ2v) is 2.20. The summed E-state index contributed by atoms with van der Waals surface area (Å²) in [4.78, 5) is 11.0. The molecular weight excluding hydrogens is 130 g/mol. The van der Waals surface area contributed by atoms with Crippen LogP contribution in [0, 0.1) is 0 Å². The van der Waals surface area contributed by atoms with Gasteiger partial charge in [-0.3, -0.25) is 4.79 Å². The Bertz CT molecular complexity index is 284. The number of Topliss-reactive ketones (excluding diaryl/α,β-unsaturated/α-hetero) is 1. The molecule has 0 aromatic carbocycles. The number of carbonyl (C=O) groups excluding carboxylic acids is 1. The predicted octanol–water partition coefficient (Wildman–Crippen LogP) is -0.650. The van der Waals surface area contributed by atoms with Crippen molar-refractivity contribution in [3.63, 3.8) is 0 Å². The van der Waals surface area contributed by atoms with Crippen molar-refractivity contribution < 1.29 is 9.48 Å². The molecule has 4 nitrogen and oxygen atoms in total. The zero-order valence-electron chi connectivity index (χ0n) is 5.32. The summed E-state index contributed by atoms with van der Waals surface area (Å²) < 4.78 is 1.63. The van der Waals surface area contributed by atoms with Crippen molar-refractivity contribution in [2.75, 3.05) is 0 Å². The molecule has 0 radical (unpaired) electrons. The summed E-state index contributed by atoms with van der Waals surface area (Å²) in [5, 5.41) is 7.41. The monoisotopic (exact) mass is 136 g/mol. The largest absolute Gasteiger partial charge is 0.290 e. The van der Waals surface area contributed by atoms with E-state index in [-0.39, 0.29) is 5.78 Å². The molecule has 1 aromatic rings. The van der Waals surface area contributed by atoms with E-state index in [1.807, 2.05) is 0 Å². The van der Waals surface area contributed by atoms with Crippen molar-refractivity contribution >= 4 is 5.78 Å². The number of aryl methyl sites for hydroxylation is 1. The lowest BCUT2D eigenvalue weighted by atomic mass is 10.3. The van der Waals surface area contributed by atoms with E-state index in [0.717, 1.165) is 0 Å². The number of aromatic nitrogens is 3. The van der Waals surface area contributed by atoms with Crippen LogP contribution in [0.3, 0.4) is 0 Å². The zero-order chi connectivity index (χ0) is 6.97. The van der Waals surface area contributed by atoms with Gasteiger partial charge in [0, 0.05) is 6.07 Å². The van der Waals surface area contributed by atoms with Crippen LogP contribution < -0.4 is 4.68 Å². The third-order valence-electron chi connectivity index (χ3n) is 1.57. The Labute approximate surface area is 57.5 Å². The summed E-state index contributed by atoms with van der Waals surface area (Å²) in [6.07, 6.45) is 2.10. The van der Waals surface area contributed by atoms with E-state index in [2.05, 4.69) is 10.3 Å². The second kappa shape index (κ2) is 1.83. The van der Waals surface area contributed by atoms with E-state index in [9.17, 15) is 4.79 Å². The highest BCUT2D eigenvalue weighted by molar-refractivity contribution is 5.93. The smallest absolute Gasteiger partial charge is 0.208 e. The van der Waals surface area contributed by atoms with Crippen LogP contribution >= 0.6 is 0 Å². The van der Waals surface area contributed by atoms with Gasteiger partial charge in [-0.05, 0) is 0 Å². The molecule has 1 aliphatic heterocycles. The van der Waals surface area contributed by atoms with Gasteiger partial charge in [-0.2, -0.15) is 0 Å². The molecule has 2 rings (SSSR count). The molecule has 1 aliphatic rings. The Kier molecular flexibility index (Phi) is 1.00. The van der Waals surface area contributed by atoms with Gasteiger partial charge in [-0.25, -0.2) is 0 Å². The first kappa shape index (κ1) is 5.46. The molecule has 2 heterocycles.